The fraction of sp³-hybridized carbons (Fsp3) is 0.312. The number of rotatable bonds is 5. The van der Waals surface area contributed by atoms with E-state index in [1.54, 1.807) is 13.3 Å². The maximum absolute atomic E-state index is 6.02. The zero-order chi connectivity index (χ0) is 15.1. The lowest BCUT2D eigenvalue weighted by Gasteiger charge is -2.12. The van der Waals surface area contributed by atoms with Crippen LogP contribution in [0.15, 0.2) is 46.0 Å². The molecule has 0 amide bonds. The van der Waals surface area contributed by atoms with Gasteiger partial charge < -0.3 is 15.1 Å². The van der Waals surface area contributed by atoms with Gasteiger partial charge in [-0.05, 0) is 36.2 Å². The smallest absolute Gasteiger partial charge is 0.191 e. The number of aliphatic imine (C=N–C) groups is 1. The normalized spacial score (nSPS) is 11.5. The van der Waals surface area contributed by atoms with Gasteiger partial charge >= 0.3 is 0 Å². The molecule has 0 aliphatic rings. The Morgan fingerprint density at radius 1 is 1.29 bits per heavy atom. The SMILES string of the molecule is CN=C(NCCc1ccco1)NCc1ccc(Cl)c(C)c1. The molecule has 4 nitrogen and oxygen atoms in total. The fourth-order valence-electron chi connectivity index (χ4n) is 1.98. The number of nitrogens with zero attached hydrogens (tertiary/aromatic N) is 1. The second-order valence-electron chi connectivity index (χ2n) is 4.77. The molecular weight excluding hydrogens is 286 g/mol. The molecule has 0 spiro atoms. The van der Waals surface area contributed by atoms with E-state index in [4.69, 9.17) is 16.0 Å². The van der Waals surface area contributed by atoms with Crippen molar-refractivity contribution in [2.75, 3.05) is 13.6 Å². The van der Waals surface area contributed by atoms with Gasteiger partial charge in [0.1, 0.15) is 5.76 Å². The van der Waals surface area contributed by atoms with Crippen molar-refractivity contribution >= 4 is 17.6 Å². The van der Waals surface area contributed by atoms with Crippen LogP contribution in [-0.2, 0) is 13.0 Å². The molecule has 0 saturated heterocycles. The van der Waals surface area contributed by atoms with Gasteiger partial charge in [-0.2, -0.15) is 0 Å². The van der Waals surface area contributed by atoms with Crippen LogP contribution in [0.5, 0.6) is 0 Å². The molecule has 0 bridgehead atoms. The van der Waals surface area contributed by atoms with Crippen molar-refractivity contribution in [1.29, 1.82) is 0 Å². The van der Waals surface area contributed by atoms with Crippen LogP contribution in [0.3, 0.4) is 0 Å². The molecule has 0 aliphatic carbocycles. The highest BCUT2D eigenvalue weighted by Crippen LogP contribution is 2.15. The second kappa shape index (κ2) is 7.74. The molecule has 21 heavy (non-hydrogen) atoms. The van der Waals surface area contributed by atoms with Crippen molar-refractivity contribution < 1.29 is 4.42 Å². The first kappa shape index (κ1) is 15.4. The predicted molar refractivity (Wildman–Crippen MR) is 86.8 cm³/mol. The number of aryl methyl sites for hydroxylation is 1. The summed E-state index contributed by atoms with van der Waals surface area (Å²) in [5.74, 6) is 1.74. The zero-order valence-electron chi connectivity index (χ0n) is 12.3. The van der Waals surface area contributed by atoms with Crippen molar-refractivity contribution in [2.45, 2.75) is 19.9 Å². The lowest BCUT2D eigenvalue weighted by molar-refractivity contribution is 0.507. The van der Waals surface area contributed by atoms with Gasteiger partial charge in [0.05, 0.1) is 6.26 Å². The van der Waals surface area contributed by atoms with E-state index in [1.807, 2.05) is 31.2 Å². The number of guanidine groups is 1. The van der Waals surface area contributed by atoms with Gasteiger partial charge in [0, 0.05) is 31.6 Å². The maximum Gasteiger partial charge on any atom is 0.191 e. The van der Waals surface area contributed by atoms with E-state index in [9.17, 15) is 0 Å². The average Bonchev–Trinajstić information content (AvgIpc) is 2.99. The van der Waals surface area contributed by atoms with Crippen LogP contribution in [0.2, 0.25) is 5.02 Å². The third-order valence-corrected chi connectivity index (χ3v) is 3.57. The Morgan fingerprint density at radius 2 is 2.14 bits per heavy atom. The van der Waals surface area contributed by atoms with Gasteiger partial charge in [0.25, 0.3) is 0 Å². The number of halogens is 1. The first-order valence-electron chi connectivity index (χ1n) is 6.91. The quantitative estimate of drug-likeness (QED) is 0.659. The lowest BCUT2D eigenvalue weighted by atomic mass is 10.1. The van der Waals surface area contributed by atoms with E-state index in [2.05, 4.69) is 21.7 Å². The minimum absolute atomic E-state index is 0.707. The van der Waals surface area contributed by atoms with E-state index in [0.717, 1.165) is 35.3 Å². The topological polar surface area (TPSA) is 49.6 Å². The van der Waals surface area contributed by atoms with E-state index in [-0.39, 0.29) is 0 Å². The predicted octanol–water partition coefficient (Wildman–Crippen LogP) is 3.15. The summed E-state index contributed by atoms with van der Waals surface area (Å²) in [6, 6.07) is 9.87. The monoisotopic (exact) mass is 305 g/mol. The molecule has 0 fully saturated rings. The Balaban J connectivity index is 1.78. The van der Waals surface area contributed by atoms with Crippen molar-refractivity contribution in [3.63, 3.8) is 0 Å². The van der Waals surface area contributed by atoms with E-state index < -0.39 is 0 Å². The molecular formula is C16H20ClN3O. The Bertz CT molecular complexity index is 594. The highest BCUT2D eigenvalue weighted by Gasteiger charge is 2.01. The van der Waals surface area contributed by atoms with Gasteiger partial charge in [-0.1, -0.05) is 23.7 Å². The summed E-state index contributed by atoms with van der Waals surface area (Å²) < 4.78 is 5.29. The summed E-state index contributed by atoms with van der Waals surface area (Å²) in [6.07, 6.45) is 2.51. The molecule has 1 aromatic heterocycles. The largest absolute Gasteiger partial charge is 0.469 e. The highest BCUT2D eigenvalue weighted by atomic mass is 35.5. The molecule has 2 rings (SSSR count). The van der Waals surface area contributed by atoms with Crippen LogP contribution in [0.1, 0.15) is 16.9 Å². The van der Waals surface area contributed by atoms with E-state index in [1.165, 1.54) is 5.56 Å². The molecule has 0 unspecified atom stereocenters. The summed E-state index contributed by atoms with van der Waals surface area (Å²) in [5, 5.41) is 7.33. The standard InChI is InChI=1S/C16H20ClN3O/c1-12-10-13(5-6-15(12)17)11-20-16(18-2)19-8-7-14-4-3-9-21-14/h3-6,9-10H,7-8,11H2,1-2H3,(H2,18,19,20). The summed E-state index contributed by atoms with van der Waals surface area (Å²) in [6.45, 7) is 3.48. The Hall–Kier alpha value is -1.94. The van der Waals surface area contributed by atoms with Crippen molar-refractivity contribution in [1.82, 2.24) is 10.6 Å². The Labute approximate surface area is 130 Å². The molecule has 2 N–H and O–H groups in total. The van der Waals surface area contributed by atoms with E-state index in [0.29, 0.717) is 6.54 Å². The molecule has 2 aromatic rings. The van der Waals surface area contributed by atoms with Gasteiger partial charge in [-0.15, -0.1) is 0 Å². The molecule has 5 heteroatoms. The number of furan rings is 1. The number of nitrogens with one attached hydrogen (secondary N) is 2. The molecule has 0 aliphatic heterocycles. The first-order valence-corrected chi connectivity index (χ1v) is 7.29. The van der Waals surface area contributed by atoms with Crippen molar-refractivity contribution in [2.24, 2.45) is 4.99 Å². The van der Waals surface area contributed by atoms with Crippen LogP contribution >= 0.6 is 11.6 Å². The van der Waals surface area contributed by atoms with Gasteiger partial charge in [0.15, 0.2) is 5.96 Å². The van der Waals surface area contributed by atoms with Crippen molar-refractivity contribution in [3.8, 4) is 0 Å². The molecule has 0 radical (unpaired) electrons. The summed E-state index contributed by atoms with van der Waals surface area (Å²) in [7, 11) is 1.76. The Kier molecular flexibility index (Phi) is 5.69. The van der Waals surface area contributed by atoms with Crippen molar-refractivity contribution in [3.05, 3.63) is 58.5 Å². The first-order chi connectivity index (χ1) is 10.2. The zero-order valence-corrected chi connectivity index (χ0v) is 13.1. The Morgan fingerprint density at radius 3 is 2.81 bits per heavy atom. The third kappa shape index (κ3) is 4.83. The van der Waals surface area contributed by atoms with Gasteiger partial charge in [-0.3, -0.25) is 4.99 Å². The average molecular weight is 306 g/mol. The fourth-order valence-corrected chi connectivity index (χ4v) is 2.10. The summed E-state index contributed by atoms with van der Waals surface area (Å²) in [4.78, 5) is 4.20. The van der Waals surface area contributed by atoms with Gasteiger partial charge in [-0.25, -0.2) is 0 Å². The lowest BCUT2D eigenvalue weighted by Crippen LogP contribution is -2.37. The van der Waals surface area contributed by atoms with Crippen LogP contribution in [0.25, 0.3) is 0 Å². The van der Waals surface area contributed by atoms with Crippen LogP contribution in [0, 0.1) is 6.92 Å². The van der Waals surface area contributed by atoms with Crippen LogP contribution in [0.4, 0.5) is 0 Å². The molecule has 1 heterocycles. The van der Waals surface area contributed by atoms with Crippen LogP contribution in [-0.4, -0.2) is 19.6 Å². The molecule has 0 atom stereocenters. The maximum atomic E-state index is 6.02. The minimum Gasteiger partial charge on any atom is -0.469 e. The van der Waals surface area contributed by atoms with Gasteiger partial charge in [0.2, 0.25) is 0 Å². The highest BCUT2D eigenvalue weighted by molar-refractivity contribution is 6.31. The number of hydrogen-bond donors (Lipinski definition) is 2. The molecule has 1 aromatic carbocycles. The number of benzene rings is 1. The molecule has 112 valence electrons. The van der Waals surface area contributed by atoms with Crippen LogP contribution < -0.4 is 10.6 Å². The minimum atomic E-state index is 0.707. The second-order valence-corrected chi connectivity index (χ2v) is 5.17. The summed E-state index contributed by atoms with van der Waals surface area (Å²) in [5.41, 5.74) is 2.25. The van der Waals surface area contributed by atoms with E-state index >= 15 is 0 Å². The number of hydrogen-bond acceptors (Lipinski definition) is 2. The summed E-state index contributed by atoms with van der Waals surface area (Å²) >= 11 is 6.02. The third-order valence-electron chi connectivity index (χ3n) is 3.15. The molecule has 0 saturated carbocycles.